The highest BCUT2D eigenvalue weighted by molar-refractivity contribution is 6.02. The Bertz CT molecular complexity index is 979. The van der Waals surface area contributed by atoms with Crippen molar-refractivity contribution in [2.75, 3.05) is 24.3 Å². The second-order valence-corrected chi connectivity index (χ2v) is 5.93. The van der Waals surface area contributed by atoms with Crippen LogP contribution in [0, 0.1) is 11.3 Å². The van der Waals surface area contributed by atoms with E-state index < -0.39 is 0 Å². The zero-order chi connectivity index (χ0) is 19.8. The number of hydrogen-bond donors (Lipinski definition) is 2. The normalized spacial score (nSPS) is 10.0. The first-order valence-corrected chi connectivity index (χ1v) is 8.69. The lowest BCUT2D eigenvalue weighted by molar-refractivity contribution is 0.102. The first kappa shape index (κ1) is 18.9. The Morgan fingerprint density at radius 1 is 1.11 bits per heavy atom. The summed E-state index contributed by atoms with van der Waals surface area (Å²) in [4.78, 5) is 20.8. The number of benzene rings is 2. The lowest BCUT2D eigenvalue weighted by Gasteiger charge is -2.08. The van der Waals surface area contributed by atoms with Gasteiger partial charge in [0.05, 0.1) is 18.7 Å². The standard InChI is InChI=1S/C21H19N5O2/c1-28-18-8-4-15(5-9-18)10-12-23-21-24-13-11-19(26-21)20(27)25-17-6-2-16(14-22)3-7-17/h2-9,11,13H,10,12H2,1H3,(H,25,27)(H,23,24,26). The number of amides is 1. The van der Waals surface area contributed by atoms with Crippen LogP contribution in [0.4, 0.5) is 11.6 Å². The molecule has 0 aliphatic carbocycles. The third-order valence-corrected chi connectivity index (χ3v) is 4.02. The van der Waals surface area contributed by atoms with Gasteiger partial charge in [-0.3, -0.25) is 4.79 Å². The van der Waals surface area contributed by atoms with Crippen molar-refractivity contribution in [1.82, 2.24) is 9.97 Å². The summed E-state index contributed by atoms with van der Waals surface area (Å²) in [5.41, 5.74) is 2.54. The molecule has 7 nitrogen and oxygen atoms in total. The highest BCUT2D eigenvalue weighted by Crippen LogP contribution is 2.13. The van der Waals surface area contributed by atoms with Crippen LogP contribution in [0.1, 0.15) is 21.6 Å². The molecule has 0 aliphatic rings. The number of anilines is 2. The van der Waals surface area contributed by atoms with Gasteiger partial charge >= 0.3 is 0 Å². The van der Waals surface area contributed by atoms with Gasteiger partial charge < -0.3 is 15.4 Å². The van der Waals surface area contributed by atoms with Crippen molar-refractivity contribution in [2.45, 2.75) is 6.42 Å². The number of carbonyl (C=O) groups is 1. The fourth-order valence-corrected chi connectivity index (χ4v) is 2.50. The van der Waals surface area contributed by atoms with Crippen molar-refractivity contribution in [3.63, 3.8) is 0 Å². The number of hydrogen-bond acceptors (Lipinski definition) is 6. The molecule has 0 radical (unpaired) electrons. The quantitative estimate of drug-likeness (QED) is 0.659. The lowest BCUT2D eigenvalue weighted by Crippen LogP contribution is -2.16. The van der Waals surface area contributed by atoms with Crippen LogP contribution >= 0.6 is 0 Å². The molecule has 0 unspecified atom stereocenters. The topological polar surface area (TPSA) is 99.9 Å². The molecule has 28 heavy (non-hydrogen) atoms. The molecular formula is C21H19N5O2. The van der Waals surface area contributed by atoms with Gasteiger partial charge in [-0.25, -0.2) is 9.97 Å². The van der Waals surface area contributed by atoms with Gasteiger partial charge in [-0.1, -0.05) is 12.1 Å². The second-order valence-electron chi connectivity index (χ2n) is 5.93. The van der Waals surface area contributed by atoms with Crippen molar-refractivity contribution < 1.29 is 9.53 Å². The number of nitriles is 1. The molecule has 0 fully saturated rings. The summed E-state index contributed by atoms with van der Waals surface area (Å²) in [5.74, 6) is 0.868. The zero-order valence-electron chi connectivity index (χ0n) is 15.3. The molecule has 0 spiro atoms. The van der Waals surface area contributed by atoms with Crippen LogP contribution in [0.5, 0.6) is 5.75 Å². The van der Waals surface area contributed by atoms with E-state index in [4.69, 9.17) is 10.00 Å². The molecule has 7 heteroatoms. The Labute approximate surface area is 163 Å². The molecule has 0 atom stereocenters. The number of carbonyl (C=O) groups excluding carboxylic acids is 1. The van der Waals surface area contributed by atoms with E-state index in [1.165, 1.54) is 6.20 Å². The minimum Gasteiger partial charge on any atom is -0.497 e. The molecule has 1 aromatic heterocycles. The smallest absolute Gasteiger partial charge is 0.274 e. The van der Waals surface area contributed by atoms with Crippen LogP contribution in [0.2, 0.25) is 0 Å². The number of nitrogens with one attached hydrogen (secondary N) is 2. The maximum atomic E-state index is 12.4. The van der Waals surface area contributed by atoms with Crippen molar-refractivity contribution >= 4 is 17.5 Å². The van der Waals surface area contributed by atoms with Gasteiger partial charge in [0.15, 0.2) is 0 Å². The molecule has 1 heterocycles. The van der Waals surface area contributed by atoms with Gasteiger partial charge in [0.25, 0.3) is 5.91 Å². The van der Waals surface area contributed by atoms with E-state index >= 15 is 0 Å². The molecule has 2 N–H and O–H groups in total. The van der Waals surface area contributed by atoms with E-state index in [0.29, 0.717) is 23.7 Å². The third-order valence-electron chi connectivity index (χ3n) is 4.02. The van der Waals surface area contributed by atoms with Crippen molar-refractivity contribution in [3.8, 4) is 11.8 Å². The Balaban J connectivity index is 1.56. The summed E-state index contributed by atoms with van der Waals surface area (Å²) < 4.78 is 5.14. The third kappa shape index (κ3) is 5.05. The summed E-state index contributed by atoms with van der Waals surface area (Å²) >= 11 is 0. The van der Waals surface area contributed by atoms with E-state index in [9.17, 15) is 4.79 Å². The summed E-state index contributed by atoms with van der Waals surface area (Å²) in [6, 6.07) is 18.0. The number of aromatic nitrogens is 2. The largest absolute Gasteiger partial charge is 0.497 e. The summed E-state index contributed by atoms with van der Waals surface area (Å²) in [7, 11) is 1.64. The molecule has 0 bridgehead atoms. The second kappa shape index (κ2) is 9.14. The van der Waals surface area contributed by atoms with E-state index in [-0.39, 0.29) is 11.6 Å². The fraction of sp³-hybridized carbons (Fsp3) is 0.143. The van der Waals surface area contributed by atoms with Crippen LogP contribution < -0.4 is 15.4 Å². The average molecular weight is 373 g/mol. The first-order valence-electron chi connectivity index (χ1n) is 8.69. The van der Waals surface area contributed by atoms with E-state index in [0.717, 1.165) is 17.7 Å². The summed E-state index contributed by atoms with van der Waals surface area (Å²) in [6.45, 7) is 0.632. The highest BCUT2D eigenvalue weighted by Gasteiger charge is 2.09. The minimum atomic E-state index is -0.342. The van der Waals surface area contributed by atoms with Crippen LogP contribution in [0.15, 0.2) is 60.8 Å². The number of nitrogens with zero attached hydrogens (tertiary/aromatic N) is 3. The zero-order valence-corrected chi connectivity index (χ0v) is 15.3. The Morgan fingerprint density at radius 3 is 2.54 bits per heavy atom. The molecule has 2 aromatic carbocycles. The molecular weight excluding hydrogens is 354 g/mol. The molecule has 3 aromatic rings. The molecule has 0 aliphatic heterocycles. The summed E-state index contributed by atoms with van der Waals surface area (Å²) in [5, 5.41) is 14.7. The van der Waals surface area contributed by atoms with Gasteiger partial charge in [0.1, 0.15) is 11.4 Å². The van der Waals surface area contributed by atoms with Crippen LogP contribution in [0.3, 0.4) is 0 Å². The minimum absolute atomic E-state index is 0.256. The molecule has 0 saturated heterocycles. The lowest BCUT2D eigenvalue weighted by atomic mass is 10.1. The maximum Gasteiger partial charge on any atom is 0.274 e. The Hall–Kier alpha value is -3.92. The van der Waals surface area contributed by atoms with Gasteiger partial charge in [0, 0.05) is 18.4 Å². The Kier molecular flexibility index (Phi) is 6.16. The van der Waals surface area contributed by atoms with Crippen molar-refractivity contribution in [2.24, 2.45) is 0 Å². The number of rotatable bonds is 7. The van der Waals surface area contributed by atoms with Gasteiger partial charge in [-0.05, 0) is 54.4 Å². The molecule has 1 amide bonds. The van der Waals surface area contributed by atoms with Gasteiger partial charge in [-0.2, -0.15) is 5.26 Å². The summed E-state index contributed by atoms with van der Waals surface area (Å²) in [6.07, 6.45) is 2.32. The van der Waals surface area contributed by atoms with Crippen LogP contribution in [0.25, 0.3) is 0 Å². The predicted octanol–water partition coefficient (Wildman–Crippen LogP) is 3.26. The first-order chi connectivity index (χ1) is 13.7. The van der Waals surface area contributed by atoms with Crippen LogP contribution in [-0.4, -0.2) is 29.5 Å². The fourth-order valence-electron chi connectivity index (χ4n) is 2.50. The monoisotopic (exact) mass is 373 g/mol. The number of methoxy groups -OCH3 is 1. The number of ether oxygens (including phenoxy) is 1. The van der Waals surface area contributed by atoms with Crippen molar-refractivity contribution in [1.29, 1.82) is 5.26 Å². The highest BCUT2D eigenvalue weighted by atomic mass is 16.5. The van der Waals surface area contributed by atoms with E-state index in [1.54, 1.807) is 37.4 Å². The van der Waals surface area contributed by atoms with Gasteiger partial charge in [0.2, 0.25) is 5.95 Å². The predicted molar refractivity (Wildman–Crippen MR) is 106 cm³/mol. The maximum absolute atomic E-state index is 12.4. The van der Waals surface area contributed by atoms with Crippen molar-refractivity contribution in [3.05, 3.63) is 77.6 Å². The van der Waals surface area contributed by atoms with E-state index in [2.05, 4.69) is 20.6 Å². The molecule has 3 rings (SSSR count). The molecule has 140 valence electrons. The Morgan fingerprint density at radius 2 is 1.86 bits per heavy atom. The van der Waals surface area contributed by atoms with Crippen LogP contribution in [-0.2, 0) is 6.42 Å². The van der Waals surface area contributed by atoms with Gasteiger partial charge in [-0.15, -0.1) is 0 Å². The average Bonchev–Trinajstić information content (AvgIpc) is 2.75. The van der Waals surface area contributed by atoms with E-state index in [1.807, 2.05) is 30.3 Å². The molecule has 0 saturated carbocycles. The SMILES string of the molecule is COc1ccc(CCNc2nccc(C(=O)Nc3ccc(C#N)cc3)n2)cc1.